The van der Waals surface area contributed by atoms with E-state index in [0.29, 0.717) is 12.2 Å². The van der Waals surface area contributed by atoms with Crippen molar-refractivity contribution in [2.24, 2.45) is 0 Å². The van der Waals surface area contributed by atoms with E-state index in [1.807, 2.05) is 0 Å². The van der Waals surface area contributed by atoms with Gasteiger partial charge in [-0.15, -0.1) is 0 Å². The highest BCUT2D eigenvalue weighted by atomic mass is 35.5. The Labute approximate surface area is 205 Å². The van der Waals surface area contributed by atoms with Crippen LogP contribution in [0.3, 0.4) is 0 Å². The van der Waals surface area contributed by atoms with Crippen molar-refractivity contribution >= 4 is 50.7 Å². The van der Waals surface area contributed by atoms with Crippen LogP contribution in [-0.4, -0.2) is 50.8 Å². The summed E-state index contributed by atoms with van der Waals surface area (Å²) in [6, 6.07) is 11.7. The van der Waals surface area contributed by atoms with Gasteiger partial charge in [-0.2, -0.15) is 0 Å². The lowest BCUT2D eigenvalue weighted by molar-refractivity contribution is 0.102. The fourth-order valence-corrected chi connectivity index (χ4v) is 5.37. The highest BCUT2D eigenvalue weighted by Crippen LogP contribution is 2.37. The minimum Gasteiger partial charge on any atom is -0.495 e. The molecular formula is C22H19ClN4O7S. The molecule has 3 aromatic rings. The lowest BCUT2D eigenvalue weighted by Gasteiger charge is -2.32. The Hall–Kier alpha value is -4.03. The Morgan fingerprint density at radius 3 is 2.66 bits per heavy atom. The molecule has 2 heterocycles. The number of ether oxygens (including phenoxy) is 2. The van der Waals surface area contributed by atoms with Crippen LogP contribution in [0.4, 0.5) is 21.9 Å². The first-order chi connectivity index (χ1) is 16.7. The maximum Gasteiger partial charge on any atom is 0.512 e. The number of methoxy groups -OCH3 is 1. The molecule has 0 saturated heterocycles. The molecule has 0 unspecified atom stereocenters. The van der Waals surface area contributed by atoms with Crippen LogP contribution < -0.4 is 24.4 Å². The number of hydrogen-bond acceptors (Lipinski definition) is 8. The molecule has 0 fully saturated rings. The van der Waals surface area contributed by atoms with Gasteiger partial charge in [0.15, 0.2) is 0 Å². The first-order valence-electron chi connectivity index (χ1n) is 10.1. The number of fused-ring (bicyclic) bond motifs is 1. The Morgan fingerprint density at radius 2 is 1.97 bits per heavy atom. The number of rotatable bonds is 6. The molecule has 1 aliphatic heterocycles. The Bertz CT molecular complexity index is 1400. The predicted molar refractivity (Wildman–Crippen MR) is 128 cm³/mol. The molecule has 11 nitrogen and oxygen atoms in total. The minimum atomic E-state index is -4.08. The first-order valence-corrected chi connectivity index (χ1v) is 11.9. The highest BCUT2D eigenvalue weighted by Gasteiger charge is 2.32. The number of benzene rings is 2. The van der Waals surface area contributed by atoms with Crippen LogP contribution in [0.1, 0.15) is 10.4 Å². The van der Waals surface area contributed by atoms with Gasteiger partial charge >= 0.3 is 6.16 Å². The summed E-state index contributed by atoms with van der Waals surface area (Å²) >= 11 is 6.05. The summed E-state index contributed by atoms with van der Waals surface area (Å²) in [6.07, 6.45) is -0.273. The monoisotopic (exact) mass is 518 g/mol. The van der Waals surface area contributed by atoms with Crippen molar-refractivity contribution in [3.63, 3.8) is 0 Å². The summed E-state index contributed by atoms with van der Waals surface area (Å²) in [7, 11) is -2.71. The number of pyridine rings is 1. The van der Waals surface area contributed by atoms with Gasteiger partial charge in [-0.3, -0.25) is 9.10 Å². The predicted octanol–water partition coefficient (Wildman–Crippen LogP) is 3.67. The van der Waals surface area contributed by atoms with Crippen LogP contribution in [0.25, 0.3) is 0 Å². The second-order valence-corrected chi connectivity index (χ2v) is 9.51. The average molecular weight is 519 g/mol. The van der Waals surface area contributed by atoms with Crippen molar-refractivity contribution in [2.45, 2.75) is 4.90 Å². The van der Waals surface area contributed by atoms with Crippen LogP contribution in [0.15, 0.2) is 59.6 Å². The van der Waals surface area contributed by atoms with Crippen molar-refractivity contribution in [2.75, 3.05) is 35.1 Å². The summed E-state index contributed by atoms with van der Waals surface area (Å²) in [5, 5.41) is 14.6. The van der Waals surface area contributed by atoms with Crippen molar-refractivity contribution in [1.82, 2.24) is 4.98 Å². The summed E-state index contributed by atoms with van der Waals surface area (Å²) in [6.45, 7) is 0.474. The third-order valence-electron chi connectivity index (χ3n) is 5.04. The summed E-state index contributed by atoms with van der Waals surface area (Å²) in [4.78, 5) is 27.1. The van der Waals surface area contributed by atoms with Gasteiger partial charge in [-0.05, 0) is 42.5 Å². The molecule has 0 aliphatic carbocycles. The zero-order valence-corrected chi connectivity index (χ0v) is 19.8. The molecule has 0 spiro atoms. The Morgan fingerprint density at radius 1 is 1.17 bits per heavy atom. The topological polar surface area (TPSA) is 147 Å². The molecule has 0 saturated carbocycles. The number of anilines is 3. The number of carboxylic acid groups (broad SMARTS) is 1. The molecule has 1 amide bonds. The van der Waals surface area contributed by atoms with Gasteiger partial charge in [-0.1, -0.05) is 11.6 Å². The summed E-state index contributed by atoms with van der Waals surface area (Å²) in [5.41, 5.74) is 1.30. The van der Waals surface area contributed by atoms with Gasteiger partial charge in [0.05, 0.1) is 36.9 Å². The Balaban J connectivity index is 1.63. The smallest absolute Gasteiger partial charge is 0.495 e. The lowest BCUT2D eigenvalue weighted by atomic mass is 10.1. The normalized spacial score (nSPS) is 12.8. The van der Waals surface area contributed by atoms with E-state index in [9.17, 15) is 18.0 Å². The second kappa shape index (κ2) is 9.68. The van der Waals surface area contributed by atoms with E-state index in [4.69, 9.17) is 21.4 Å². The van der Waals surface area contributed by atoms with Gasteiger partial charge in [0.25, 0.3) is 15.9 Å². The number of sulfonamides is 1. The molecule has 35 heavy (non-hydrogen) atoms. The van der Waals surface area contributed by atoms with E-state index in [0.717, 1.165) is 0 Å². The quantitative estimate of drug-likeness (QED) is 0.415. The van der Waals surface area contributed by atoms with Gasteiger partial charge in [-0.25, -0.2) is 18.2 Å². The summed E-state index contributed by atoms with van der Waals surface area (Å²) in [5.74, 6) is -0.524. The number of halogens is 1. The number of carbonyl (C=O) groups is 2. The van der Waals surface area contributed by atoms with Gasteiger partial charge in [0.2, 0.25) is 5.88 Å². The molecule has 0 radical (unpaired) electrons. The van der Waals surface area contributed by atoms with E-state index >= 15 is 0 Å². The van der Waals surface area contributed by atoms with E-state index in [1.165, 1.54) is 54.0 Å². The van der Waals surface area contributed by atoms with Crippen molar-refractivity contribution < 1.29 is 32.6 Å². The molecule has 3 N–H and O–H groups in total. The van der Waals surface area contributed by atoms with Crippen LogP contribution in [0, 0.1) is 0 Å². The number of nitrogens with one attached hydrogen (secondary N) is 2. The maximum absolute atomic E-state index is 13.6. The standard InChI is InChI=1S/C22H19ClN4O7S/c1-33-18-6-3-14(23)11-19(18)35(31,32)27-9-8-24-16-5-2-13(10-17(16)27)21(28)26-15-4-7-20(25-12-15)34-22(29)30/h2-7,10-12,24H,8-9H2,1H3,(H,26,28)(H,29,30). The van der Waals surface area contributed by atoms with Gasteiger partial charge in [0, 0.05) is 23.2 Å². The van der Waals surface area contributed by atoms with Crippen molar-refractivity contribution in [1.29, 1.82) is 0 Å². The van der Waals surface area contributed by atoms with Crippen molar-refractivity contribution in [3.05, 3.63) is 65.3 Å². The number of carbonyl (C=O) groups excluding carboxylic acids is 1. The fraction of sp³-hybridized carbons (Fsp3) is 0.136. The molecule has 13 heteroatoms. The van der Waals surface area contributed by atoms with Crippen LogP contribution in [0.2, 0.25) is 5.02 Å². The molecule has 1 aliphatic rings. The first kappa shape index (κ1) is 24.1. The third kappa shape index (κ3) is 5.08. The van der Waals surface area contributed by atoms with Crippen molar-refractivity contribution in [3.8, 4) is 11.6 Å². The van der Waals surface area contributed by atoms with Gasteiger partial charge in [0.1, 0.15) is 10.6 Å². The van der Waals surface area contributed by atoms with E-state index in [-0.39, 0.29) is 45.0 Å². The van der Waals surface area contributed by atoms with E-state index in [2.05, 4.69) is 20.4 Å². The average Bonchev–Trinajstić information content (AvgIpc) is 2.84. The lowest BCUT2D eigenvalue weighted by Crippen LogP contribution is -2.39. The molecule has 4 rings (SSSR count). The minimum absolute atomic E-state index is 0.0926. The zero-order chi connectivity index (χ0) is 25.2. The van der Waals surface area contributed by atoms with Crippen LogP contribution in [-0.2, 0) is 10.0 Å². The highest BCUT2D eigenvalue weighted by molar-refractivity contribution is 7.93. The van der Waals surface area contributed by atoms with E-state index in [1.54, 1.807) is 12.1 Å². The number of nitrogens with zero attached hydrogens (tertiary/aromatic N) is 2. The fourth-order valence-electron chi connectivity index (χ4n) is 3.47. The molecule has 0 atom stereocenters. The van der Waals surface area contributed by atoms with Crippen LogP contribution >= 0.6 is 11.6 Å². The number of amides is 1. The molecule has 182 valence electrons. The number of aromatic nitrogens is 1. The second-order valence-electron chi connectivity index (χ2n) is 7.24. The largest absolute Gasteiger partial charge is 0.512 e. The number of hydrogen-bond donors (Lipinski definition) is 3. The molecule has 2 aromatic carbocycles. The van der Waals surface area contributed by atoms with Crippen LogP contribution in [0.5, 0.6) is 11.6 Å². The molecule has 0 bridgehead atoms. The molecule has 1 aromatic heterocycles. The maximum atomic E-state index is 13.6. The summed E-state index contributed by atoms with van der Waals surface area (Å²) < 4.78 is 38.0. The zero-order valence-electron chi connectivity index (χ0n) is 18.2. The Kier molecular flexibility index (Phi) is 6.67. The SMILES string of the molecule is COc1ccc(Cl)cc1S(=O)(=O)N1CCNc2ccc(C(=O)Nc3ccc(OC(=O)O)nc3)cc21. The molecular weight excluding hydrogens is 500 g/mol. The third-order valence-corrected chi connectivity index (χ3v) is 7.11. The van der Waals surface area contributed by atoms with Gasteiger partial charge < -0.3 is 25.2 Å². The van der Waals surface area contributed by atoms with E-state index < -0.39 is 22.1 Å².